The van der Waals surface area contributed by atoms with E-state index in [1.165, 1.54) is 18.3 Å². The third-order valence-corrected chi connectivity index (χ3v) is 4.78. The smallest absolute Gasteiger partial charge is 0.335 e. The normalized spacial score (nSPS) is 10.4. The van der Waals surface area contributed by atoms with Crippen LogP contribution in [0, 0.1) is 0 Å². The molecule has 1 heterocycles. The number of carboxylic acid groups (broad SMARTS) is 1. The molecule has 0 fully saturated rings. The number of esters is 1. The number of thiophene rings is 1. The van der Waals surface area contributed by atoms with Gasteiger partial charge in [-0.3, -0.25) is 9.59 Å². The maximum atomic E-state index is 12.2. The zero-order valence-corrected chi connectivity index (χ0v) is 14.8. The Kier molecular flexibility index (Phi) is 6.89. The molecule has 0 aliphatic heterocycles. The zero-order valence-electron chi connectivity index (χ0n) is 14.0. The number of unbranched alkanes of at least 4 members (excludes halogenated alkanes) is 1. The monoisotopic (exact) mass is 360 g/mol. The van der Waals surface area contributed by atoms with Crippen LogP contribution in [0.25, 0.3) is 0 Å². The Labute approximate surface area is 150 Å². The number of rotatable bonds is 9. The summed E-state index contributed by atoms with van der Waals surface area (Å²) in [6, 6.07) is 10.5. The molecule has 0 saturated heterocycles. The van der Waals surface area contributed by atoms with Gasteiger partial charge in [-0.2, -0.15) is 0 Å². The summed E-state index contributed by atoms with van der Waals surface area (Å²) >= 11 is 1.40. The van der Waals surface area contributed by atoms with Crippen molar-refractivity contribution in [3.8, 4) is 0 Å². The zero-order chi connectivity index (χ0) is 18.2. The molecule has 0 amide bonds. The van der Waals surface area contributed by atoms with Gasteiger partial charge in [-0.05, 0) is 36.6 Å². The van der Waals surface area contributed by atoms with E-state index in [4.69, 9.17) is 4.74 Å². The van der Waals surface area contributed by atoms with E-state index in [0.29, 0.717) is 37.2 Å². The SMILES string of the molecule is CC(=O)OCCCCC(=O)c1ccc(Cc2ccccc2C(=O)O)s1. The molecular weight excluding hydrogens is 340 g/mol. The predicted octanol–water partition coefficient (Wildman–Crippen LogP) is 3.95. The number of ketones is 1. The van der Waals surface area contributed by atoms with Crippen LogP contribution in [0.15, 0.2) is 36.4 Å². The third kappa shape index (κ3) is 5.83. The first kappa shape index (κ1) is 18.9. The molecule has 0 spiro atoms. The molecule has 0 aliphatic rings. The van der Waals surface area contributed by atoms with Gasteiger partial charge in [0.05, 0.1) is 17.0 Å². The number of benzene rings is 1. The van der Waals surface area contributed by atoms with Crippen molar-refractivity contribution < 1.29 is 24.2 Å². The van der Waals surface area contributed by atoms with Crippen molar-refractivity contribution in [1.82, 2.24) is 0 Å². The Bertz CT molecular complexity index is 763. The highest BCUT2D eigenvalue weighted by Gasteiger charge is 2.13. The second-order valence-corrected chi connectivity index (χ2v) is 6.79. The van der Waals surface area contributed by atoms with Gasteiger partial charge in [0.25, 0.3) is 0 Å². The first-order valence-electron chi connectivity index (χ1n) is 8.04. The van der Waals surface area contributed by atoms with Crippen LogP contribution in [0.5, 0.6) is 0 Å². The quantitative estimate of drug-likeness (QED) is 0.416. The fourth-order valence-electron chi connectivity index (χ4n) is 2.42. The maximum Gasteiger partial charge on any atom is 0.335 e. The lowest BCUT2D eigenvalue weighted by Gasteiger charge is -2.04. The van der Waals surface area contributed by atoms with E-state index in [1.54, 1.807) is 24.3 Å². The second kappa shape index (κ2) is 9.13. The van der Waals surface area contributed by atoms with Gasteiger partial charge in [0.2, 0.25) is 0 Å². The molecule has 1 aromatic carbocycles. The van der Waals surface area contributed by atoms with Crippen molar-refractivity contribution in [3.63, 3.8) is 0 Å². The molecule has 2 aromatic rings. The van der Waals surface area contributed by atoms with Gasteiger partial charge in [0.15, 0.2) is 5.78 Å². The summed E-state index contributed by atoms with van der Waals surface area (Å²) in [5.74, 6) is -1.20. The van der Waals surface area contributed by atoms with Crippen molar-refractivity contribution in [2.75, 3.05) is 6.61 Å². The minimum Gasteiger partial charge on any atom is -0.478 e. The van der Waals surface area contributed by atoms with E-state index in [9.17, 15) is 19.5 Å². The largest absolute Gasteiger partial charge is 0.478 e. The van der Waals surface area contributed by atoms with Crippen LogP contribution >= 0.6 is 11.3 Å². The molecule has 25 heavy (non-hydrogen) atoms. The Morgan fingerprint density at radius 3 is 2.56 bits per heavy atom. The van der Waals surface area contributed by atoms with Crippen molar-refractivity contribution >= 4 is 29.1 Å². The predicted molar refractivity (Wildman–Crippen MR) is 95.3 cm³/mol. The number of carbonyl (C=O) groups is 3. The molecule has 0 aliphatic carbocycles. The second-order valence-electron chi connectivity index (χ2n) is 5.63. The fourth-order valence-corrected chi connectivity index (χ4v) is 3.42. The number of hydrogen-bond donors (Lipinski definition) is 1. The number of carbonyl (C=O) groups excluding carboxylic acids is 2. The standard InChI is InChI=1S/C19H20O5S/c1-13(20)24-11-5-4-8-17(21)18-10-9-15(25-18)12-14-6-2-3-7-16(14)19(22)23/h2-3,6-7,9-10H,4-5,8,11-12H2,1H3,(H,22,23). The summed E-state index contributed by atoms with van der Waals surface area (Å²) in [5, 5.41) is 9.23. The number of Topliss-reactive ketones (excluding diaryl/α,β-unsaturated/α-hetero) is 1. The third-order valence-electron chi connectivity index (χ3n) is 3.65. The molecule has 0 bridgehead atoms. The number of hydrogen-bond acceptors (Lipinski definition) is 5. The Balaban J connectivity index is 1.90. The van der Waals surface area contributed by atoms with Crippen LogP contribution < -0.4 is 0 Å². The molecule has 6 heteroatoms. The van der Waals surface area contributed by atoms with Crippen LogP contribution in [0.2, 0.25) is 0 Å². The molecule has 0 atom stereocenters. The summed E-state index contributed by atoms with van der Waals surface area (Å²) in [6.45, 7) is 1.70. The highest BCUT2D eigenvalue weighted by atomic mass is 32.1. The average Bonchev–Trinajstić information content (AvgIpc) is 3.03. The summed E-state index contributed by atoms with van der Waals surface area (Å²) in [4.78, 5) is 35.7. The van der Waals surface area contributed by atoms with Gasteiger partial charge in [0, 0.05) is 24.6 Å². The van der Waals surface area contributed by atoms with Crippen LogP contribution in [-0.4, -0.2) is 29.4 Å². The molecule has 0 unspecified atom stereocenters. The number of ether oxygens (including phenoxy) is 1. The van der Waals surface area contributed by atoms with Crippen LogP contribution in [-0.2, 0) is 16.0 Å². The van der Waals surface area contributed by atoms with Crippen LogP contribution in [0.4, 0.5) is 0 Å². The first-order chi connectivity index (χ1) is 12.0. The molecule has 5 nitrogen and oxygen atoms in total. The van der Waals surface area contributed by atoms with E-state index in [0.717, 1.165) is 10.4 Å². The molecular formula is C19H20O5S. The first-order valence-corrected chi connectivity index (χ1v) is 8.85. The summed E-state index contributed by atoms with van der Waals surface area (Å²) < 4.78 is 4.83. The topological polar surface area (TPSA) is 80.7 Å². The van der Waals surface area contributed by atoms with E-state index in [1.807, 2.05) is 12.1 Å². The Hall–Kier alpha value is -2.47. The average molecular weight is 360 g/mol. The van der Waals surface area contributed by atoms with Gasteiger partial charge < -0.3 is 9.84 Å². The van der Waals surface area contributed by atoms with Crippen molar-refractivity contribution in [3.05, 3.63) is 57.3 Å². The maximum absolute atomic E-state index is 12.2. The summed E-state index contributed by atoms with van der Waals surface area (Å²) in [7, 11) is 0. The van der Waals surface area contributed by atoms with Crippen molar-refractivity contribution in [2.45, 2.75) is 32.6 Å². The van der Waals surface area contributed by atoms with E-state index >= 15 is 0 Å². The lowest BCUT2D eigenvalue weighted by molar-refractivity contribution is -0.141. The molecule has 1 aromatic heterocycles. The molecule has 2 rings (SSSR count). The van der Waals surface area contributed by atoms with Gasteiger partial charge in [-0.15, -0.1) is 11.3 Å². The Morgan fingerprint density at radius 2 is 1.84 bits per heavy atom. The highest BCUT2D eigenvalue weighted by Crippen LogP contribution is 2.23. The van der Waals surface area contributed by atoms with Crippen molar-refractivity contribution in [2.24, 2.45) is 0 Å². The van der Waals surface area contributed by atoms with Gasteiger partial charge >= 0.3 is 11.9 Å². The highest BCUT2D eigenvalue weighted by molar-refractivity contribution is 7.14. The minimum atomic E-state index is -0.948. The van der Waals surface area contributed by atoms with Gasteiger partial charge in [0.1, 0.15) is 0 Å². The summed E-state index contributed by atoms with van der Waals surface area (Å²) in [5.41, 5.74) is 1.02. The Morgan fingerprint density at radius 1 is 1.08 bits per heavy atom. The van der Waals surface area contributed by atoms with Crippen LogP contribution in [0.3, 0.4) is 0 Å². The molecule has 1 N–H and O–H groups in total. The molecule has 132 valence electrons. The fraction of sp³-hybridized carbons (Fsp3) is 0.316. The molecule has 0 saturated carbocycles. The van der Waals surface area contributed by atoms with E-state index in [2.05, 4.69) is 0 Å². The van der Waals surface area contributed by atoms with Crippen LogP contribution in [0.1, 0.15) is 56.7 Å². The lowest BCUT2D eigenvalue weighted by atomic mass is 10.0. The number of carboxylic acids is 1. The minimum absolute atomic E-state index is 0.0607. The van der Waals surface area contributed by atoms with Crippen molar-refractivity contribution in [1.29, 1.82) is 0 Å². The molecule has 0 radical (unpaired) electrons. The summed E-state index contributed by atoms with van der Waals surface area (Å²) in [6.07, 6.45) is 2.23. The van der Waals surface area contributed by atoms with Gasteiger partial charge in [-0.1, -0.05) is 18.2 Å². The lowest BCUT2D eigenvalue weighted by Crippen LogP contribution is -2.02. The number of aromatic carboxylic acids is 1. The van der Waals surface area contributed by atoms with E-state index < -0.39 is 5.97 Å². The van der Waals surface area contributed by atoms with Gasteiger partial charge in [-0.25, -0.2) is 4.79 Å². The van der Waals surface area contributed by atoms with E-state index in [-0.39, 0.29) is 17.3 Å².